The summed E-state index contributed by atoms with van der Waals surface area (Å²) in [7, 11) is 0. The van der Waals surface area contributed by atoms with Crippen LogP contribution in [0.4, 0.5) is 0 Å². The molecule has 0 radical (unpaired) electrons. The van der Waals surface area contributed by atoms with Crippen molar-refractivity contribution in [3.05, 3.63) is 45.8 Å². The van der Waals surface area contributed by atoms with Crippen LogP contribution in [0.5, 0.6) is 0 Å². The van der Waals surface area contributed by atoms with E-state index in [1.165, 1.54) is 6.08 Å². The number of rotatable bonds is 4. The molecule has 0 aliphatic carbocycles. The normalized spacial score (nSPS) is 12.0. The van der Waals surface area contributed by atoms with Gasteiger partial charge in [0, 0.05) is 12.3 Å². The summed E-state index contributed by atoms with van der Waals surface area (Å²) in [5.74, 6) is -1.40. The molecule has 0 spiro atoms. The predicted octanol–water partition coefficient (Wildman–Crippen LogP) is -1.60. The summed E-state index contributed by atoms with van der Waals surface area (Å²) in [6.07, 6.45) is 2.53. The zero-order valence-electron chi connectivity index (χ0n) is 7.80. The van der Waals surface area contributed by atoms with Gasteiger partial charge in [-0.05, 0) is 6.42 Å². The van der Waals surface area contributed by atoms with Crippen molar-refractivity contribution in [1.82, 2.24) is 9.55 Å². The molecule has 1 N–H and O–H groups in total. The molecule has 1 heterocycles. The fourth-order valence-electron chi connectivity index (χ4n) is 1.15. The maximum atomic E-state index is 11.2. The molecular weight excluding hydrogens is 200 g/mol. The van der Waals surface area contributed by atoms with Crippen LogP contribution < -0.4 is 16.4 Å². The van der Waals surface area contributed by atoms with Crippen LogP contribution in [0.1, 0.15) is 12.5 Å². The lowest BCUT2D eigenvalue weighted by Gasteiger charge is -2.18. The van der Waals surface area contributed by atoms with Gasteiger partial charge in [0.05, 0.1) is 12.0 Å². The van der Waals surface area contributed by atoms with E-state index in [0.717, 1.165) is 16.8 Å². The van der Waals surface area contributed by atoms with Gasteiger partial charge in [-0.15, -0.1) is 6.58 Å². The maximum Gasteiger partial charge on any atom is 0.328 e. The number of allylic oxidation sites excluding steroid dienone is 1. The molecule has 1 atom stereocenters. The number of aromatic amines is 1. The number of nitrogens with zero attached hydrogens (tertiary/aromatic N) is 1. The molecule has 6 heteroatoms. The lowest BCUT2D eigenvalue weighted by Crippen LogP contribution is -2.40. The third kappa shape index (κ3) is 2.43. The number of carbonyl (C=O) groups is 1. The minimum atomic E-state index is -1.40. The molecular formula is C9H9N2O4-. The minimum Gasteiger partial charge on any atom is -0.548 e. The van der Waals surface area contributed by atoms with E-state index in [4.69, 9.17) is 0 Å². The van der Waals surface area contributed by atoms with Crippen molar-refractivity contribution in [1.29, 1.82) is 0 Å². The summed E-state index contributed by atoms with van der Waals surface area (Å²) >= 11 is 0. The summed E-state index contributed by atoms with van der Waals surface area (Å²) in [6.45, 7) is 3.38. The number of hydrogen-bond acceptors (Lipinski definition) is 4. The number of carboxylic acid groups (broad SMARTS) is 1. The molecule has 0 saturated heterocycles. The highest BCUT2D eigenvalue weighted by Gasteiger charge is 2.11. The standard InChI is InChI=1S/C9H10N2O4/c1-2-3-6(8(13)14)11-5-4-7(12)10-9(11)15/h2,4-6H,1,3H2,(H,13,14)(H,10,12,15)/p-1. The molecule has 0 amide bonds. The number of aliphatic carboxylic acids is 1. The Bertz CT molecular complexity index is 485. The van der Waals surface area contributed by atoms with Crippen molar-refractivity contribution in [2.75, 3.05) is 0 Å². The Balaban J connectivity index is 3.22. The van der Waals surface area contributed by atoms with Crippen molar-refractivity contribution in [3.8, 4) is 0 Å². The van der Waals surface area contributed by atoms with Gasteiger partial charge in [-0.25, -0.2) is 4.79 Å². The van der Waals surface area contributed by atoms with E-state index in [1.807, 2.05) is 4.98 Å². The molecule has 1 aromatic heterocycles. The molecule has 0 saturated carbocycles. The van der Waals surface area contributed by atoms with E-state index in [1.54, 1.807) is 0 Å². The summed E-state index contributed by atoms with van der Waals surface area (Å²) in [4.78, 5) is 34.7. The van der Waals surface area contributed by atoms with Crippen LogP contribution in [0.25, 0.3) is 0 Å². The van der Waals surface area contributed by atoms with Gasteiger partial charge < -0.3 is 9.90 Å². The van der Waals surface area contributed by atoms with Crippen LogP contribution >= 0.6 is 0 Å². The Morgan fingerprint density at radius 2 is 2.33 bits per heavy atom. The number of carboxylic acids is 1. The van der Waals surface area contributed by atoms with E-state index >= 15 is 0 Å². The smallest absolute Gasteiger partial charge is 0.328 e. The first-order chi connectivity index (χ1) is 7.06. The highest BCUT2D eigenvalue weighted by atomic mass is 16.4. The van der Waals surface area contributed by atoms with Gasteiger partial charge in [0.15, 0.2) is 0 Å². The predicted molar refractivity (Wildman–Crippen MR) is 50.2 cm³/mol. The van der Waals surface area contributed by atoms with Gasteiger partial charge in [-0.2, -0.15) is 0 Å². The summed E-state index contributed by atoms with van der Waals surface area (Å²) < 4.78 is 0.887. The Morgan fingerprint density at radius 3 is 2.80 bits per heavy atom. The molecule has 1 unspecified atom stereocenters. The number of H-pyrrole nitrogens is 1. The van der Waals surface area contributed by atoms with Gasteiger partial charge in [0.1, 0.15) is 0 Å². The first kappa shape index (κ1) is 11.0. The molecule has 15 heavy (non-hydrogen) atoms. The van der Waals surface area contributed by atoms with E-state index in [9.17, 15) is 19.5 Å². The molecule has 0 fully saturated rings. The highest BCUT2D eigenvalue weighted by molar-refractivity contribution is 5.69. The molecule has 0 bridgehead atoms. The van der Waals surface area contributed by atoms with Gasteiger partial charge in [-0.1, -0.05) is 6.08 Å². The first-order valence-electron chi connectivity index (χ1n) is 4.19. The monoisotopic (exact) mass is 209 g/mol. The minimum absolute atomic E-state index is 0.0499. The maximum absolute atomic E-state index is 11.2. The number of nitrogens with one attached hydrogen (secondary N) is 1. The van der Waals surface area contributed by atoms with Crippen LogP contribution in [0.3, 0.4) is 0 Å². The van der Waals surface area contributed by atoms with Crippen LogP contribution in [-0.4, -0.2) is 15.5 Å². The Morgan fingerprint density at radius 1 is 1.67 bits per heavy atom. The number of aromatic nitrogens is 2. The fourth-order valence-corrected chi connectivity index (χ4v) is 1.15. The van der Waals surface area contributed by atoms with E-state index in [-0.39, 0.29) is 6.42 Å². The third-order valence-electron chi connectivity index (χ3n) is 1.85. The first-order valence-corrected chi connectivity index (χ1v) is 4.19. The molecule has 0 aliphatic heterocycles. The highest BCUT2D eigenvalue weighted by Crippen LogP contribution is 2.06. The van der Waals surface area contributed by atoms with Crippen LogP contribution in [0.2, 0.25) is 0 Å². The summed E-state index contributed by atoms with van der Waals surface area (Å²) in [5.41, 5.74) is -1.36. The second-order valence-electron chi connectivity index (χ2n) is 2.88. The van der Waals surface area contributed by atoms with Gasteiger partial charge >= 0.3 is 5.69 Å². The zero-order chi connectivity index (χ0) is 11.4. The van der Waals surface area contributed by atoms with Gasteiger partial charge in [-0.3, -0.25) is 14.3 Å². The number of hydrogen-bond donors (Lipinski definition) is 1. The van der Waals surface area contributed by atoms with Crippen molar-refractivity contribution >= 4 is 5.97 Å². The van der Waals surface area contributed by atoms with E-state index in [0.29, 0.717) is 0 Å². The van der Waals surface area contributed by atoms with E-state index in [2.05, 4.69) is 6.58 Å². The quantitative estimate of drug-likeness (QED) is 0.604. The number of carbonyl (C=O) groups excluding carboxylic acids is 1. The molecule has 1 rings (SSSR count). The van der Waals surface area contributed by atoms with Crippen molar-refractivity contribution in [3.63, 3.8) is 0 Å². The molecule has 0 aliphatic rings. The van der Waals surface area contributed by atoms with Crippen molar-refractivity contribution in [2.45, 2.75) is 12.5 Å². The Hall–Kier alpha value is -2.11. The van der Waals surface area contributed by atoms with Gasteiger partial charge in [0.2, 0.25) is 0 Å². The molecule has 0 aromatic carbocycles. The van der Waals surface area contributed by atoms with Crippen LogP contribution in [0, 0.1) is 0 Å². The second kappa shape index (κ2) is 4.41. The SMILES string of the molecule is C=CCC(C(=O)[O-])n1ccc(=O)[nH]c1=O. The van der Waals surface area contributed by atoms with Crippen molar-refractivity contribution < 1.29 is 9.90 Å². The second-order valence-corrected chi connectivity index (χ2v) is 2.88. The topological polar surface area (TPSA) is 95.0 Å². The van der Waals surface area contributed by atoms with E-state index < -0.39 is 23.3 Å². The third-order valence-corrected chi connectivity index (χ3v) is 1.85. The summed E-state index contributed by atoms with van der Waals surface area (Å²) in [5, 5.41) is 10.7. The van der Waals surface area contributed by atoms with Crippen LogP contribution in [0.15, 0.2) is 34.5 Å². The molecule has 6 nitrogen and oxygen atoms in total. The zero-order valence-corrected chi connectivity index (χ0v) is 7.80. The average Bonchev–Trinajstić information content (AvgIpc) is 2.15. The Labute approximate surface area is 84.5 Å². The van der Waals surface area contributed by atoms with Gasteiger partial charge in [0.25, 0.3) is 5.56 Å². The van der Waals surface area contributed by atoms with Crippen molar-refractivity contribution in [2.24, 2.45) is 0 Å². The fraction of sp³-hybridized carbons (Fsp3) is 0.222. The lowest BCUT2D eigenvalue weighted by molar-refractivity contribution is -0.310. The Kier molecular flexibility index (Phi) is 3.22. The molecule has 80 valence electrons. The van der Waals surface area contributed by atoms with Crippen LogP contribution in [-0.2, 0) is 4.79 Å². The summed E-state index contributed by atoms with van der Waals surface area (Å²) in [6, 6.07) is -0.0766. The lowest BCUT2D eigenvalue weighted by atomic mass is 10.2. The average molecular weight is 209 g/mol. The largest absolute Gasteiger partial charge is 0.548 e. The molecule has 1 aromatic rings.